The first-order valence-electron chi connectivity index (χ1n) is 7.72. The van der Waals surface area contributed by atoms with Gasteiger partial charge in [-0.05, 0) is 44.5 Å². The van der Waals surface area contributed by atoms with Crippen LogP contribution in [0.2, 0.25) is 5.02 Å². The smallest absolute Gasteiger partial charge is 0.356 e. The summed E-state index contributed by atoms with van der Waals surface area (Å²) >= 11 is 5.89. The van der Waals surface area contributed by atoms with Crippen LogP contribution in [0.4, 0.5) is 0 Å². The summed E-state index contributed by atoms with van der Waals surface area (Å²) < 4.78 is 0. The largest absolute Gasteiger partial charge is 0.476 e. The Hall–Kier alpha value is -1.98. The Labute approximate surface area is 139 Å². The Morgan fingerprint density at radius 3 is 2.74 bits per heavy atom. The summed E-state index contributed by atoms with van der Waals surface area (Å²) in [6.45, 7) is 1.85. The minimum atomic E-state index is -1.03. The van der Waals surface area contributed by atoms with Gasteiger partial charge in [0, 0.05) is 16.5 Å². The molecule has 1 aromatic heterocycles. The number of benzene rings is 1. The van der Waals surface area contributed by atoms with Crippen molar-refractivity contribution in [2.24, 2.45) is 0 Å². The molecule has 23 heavy (non-hydrogen) atoms. The summed E-state index contributed by atoms with van der Waals surface area (Å²) in [5.74, 6) is -0.886. The Balaban J connectivity index is 1.98. The first-order valence-corrected chi connectivity index (χ1v) is 8.10. The van der Waals surface area contributed by atoms with Crippen molar-refractivity contribution < 1.29 is 9.90 Å². The van der Waals surface area contributed by atoms with E-state index in [2.05, 4.69) is 15.3 Å². The summed E-state index contributed by atoms with van der Waals surface area (Å²) in [6.07, 6.45) is 4.49. The fourth-order valence-electron chi connectivity index (χ4n) is 2.91. The molecule has 1 atom stereocenters. The molecule has 0 aliphatic carbocycles. The van der Waals surface area contributed by atoms with Gasteiger partial charge in [0.1, 0.15) is 0 Å². The average Bonchev–Trinajstić information content (AvgIpc) is 2.84. The third-order valence-corrected chi connectivity index (χ3v) is 4.36. The molecule has 0 amide bonds. The first kappa shape index (κ1) is 15.9. The molecule has 0 bridgehead atoms. The van der Waals surface area contributed by atoms with Crippen molar-refractivity contribution in [1.29, 1.82) is 0 Å². The van der Waals surface area contributed by atoms with Crippen molar-refractivity contribution >= 4 is 17.6 Å². The van der Waals surface area contributed by atoms with Crippen molar-refractivity contribution in [1.82, 2.24) is 15.3 Å². The molecule has 1 saturated heterocycles. The molecule has 0 spiro atoms. The van der Waals surface area contributed by atoms with Crippen LogP contribution in [0, 0.1) is 0 Å². The standard InChI is InChI=1S/C17H18ClN3O2/c18-13-5-3-11(4-6-13)14-10-20-15(16(21-14)17(22)23)12-2-1-8-19-9-7-12/h3-6,10,12,19H,1-2,7-9H2,(H,22,23). The van der Waals surface area contributed by atoms with E-state index in [0.29, 0.717) is 16.4 Å². The maximum Gasteiger partial charge on any atom is 0.356 e. The van der Waals surface area contributed by atoms with Gasteiger partial charge in [0.25, 0.3) is 0 Å². The van der Waals surface area contributed by atoms with Gasteiger partial charge in [0.15, 0.2) is 5.69 Å². The zero-order chi connectivity index (χ0) is 16.2. The molecule has 1 unspecified atom stereocenters. The Morgan fingerprint density at radius 2 is 2.00 bits per heavy atom. The highest BCUT2D eigenvalue weighted by Crippen LogP contribution is 2.28. The molecule has 1 fully saturated rings. The number of carbonyl (C=O) groups is 1. The number of aromatic carboxylic acids is 1. The molecule has 1 aliphatic rings. The number of rotatable bonds is 3. The summed E-state index contributed by atoms with van der Waals surface area (Å²) in [5.41, 5.74) is 2.01. The highest BCUT2D eigenvalue weighted by Gasteiger charge is 2.23. The van der Waals surface area contributed by atoms with Crippen molar-refractivity contribution in [3.8, 4) is 11.3 Å². The predicted molar refractivity (Wildman–Crippen MR) is 88.9 cm³/mol. The maximum absolute atomic E-state index is 11.6. The summed E-state index contributed by atoms with van der Waals surface area (Å²) in [6, 6.07) is 7.13. The van der Waals surface area contributed by atoms with Gasteiger partial charge >= 0.3 is 5.97 Å². The lowest BCUT2D eigenvalue weighted by atomic mass is 9.94. The normalized spacial score (nSPS) is 18.4. The van der Waals surface area contributed by atoms with Crippen LogP contribution < -0.4 is 5.32 Å². The molecule has 1 aromatic carbocycles. The number of hydrogen-bond donors (Lipinski definition) is 2. The molecular weight excluding hydrogens is 314 g/mol. The van der Waals surface area contributed by atoms with Gasteiger partial charge in [-0.3, -0.25) is 4.98 Å². The second-order valence-electron chi connectivity index (χ2n) is 5.68. The van der Waals surface area contributed by atoms with Gasteiger partial charge in [-0.1, -0.05) is 23.7 Å². The monoisotopic (exact) mass is 331 g/mol. The van der Waals surface area contributed by atoms with E-state index in [0.717, 1.165) is 37.9 Å². The van der Waals surface area contributed by atoms with Gasteiger partial charge in [-0.15, -0.1) is 0 Å². The van der Waals surface area contributed by atoms with Crippen LogP contribution >= 0.6 is 11.6 Å². The van der Waals surface area contributed by atoms with Crippen LogP contribution in [0.25, 0.3) is 11.3 Å². The Morgan fingerprint density at radius 1 is 1.22 bits per heavy atom. The number of aromatic nitrogens is 2. The quantitative estimate of drug-likeness (QED) is 0.902. The summed E-state index contributed by atoms with van der Waals surface area (Å²) in [7, 11) is 0. The van der Waals surface area contributed by atoms with E-state index in [4.69, 9.17) is 11.6 Å². The van der Waals surface area contributed by atoms with E-state index < -0.39 is 5.97 Å². The van der Waals surface area contributed by atoms with Gasteiger partial charge in [0.05, 0.1) is 17.6 Å². The number of nitrogens with zero attached hydrogens (tertiary/aromatic N) is 2. The van der Waals surface area contributed by atoms with Crippen LogP contribution in [-0.4, -0.2) is 34.1 Å². The molecule has 2 N–H and O–H groups in total. The first-order chi connectivity index (χ1) is 11.1. The van der Waals surface area contributed by atoms with Gasteiger partial charge in [-0.25, -0.2) is 9.78 Å². The Kier molecular flexibility index (Phi) is 4.88. The van der Waals surface area contributed by atoms with E-state index in [1.54, 1.807) is 18.3 Å². The fraction of sp³-hybridized carbons (Fsp3) is 0.353. The van der Waals surface area contributed by atoms with Gasteiger partial charge < -0.3 is 10.4 Å². The topological polar surface area (TPSA) is 75.1 Å². The van der Waals surface area contributed by atoms with E-state index in [1.165, 1.54) is 0 Å². The molecule has 120 valence electrons. The molecule has 6 heteroatoms. The number of carboxylic acids is 1. The van der Waals surface area contributed by atoms with Crippen molar-refractivity contribution in [2.75, 3.05) is 13.1 Å². The third-order valence-electron chi connectivity index (χ3n) is 4.11. The van der Waals surface area contributed by atoms with Crippen LogP contribution in [-0.2, 0) is 0 Å². The zero-order valence-corrected chi connectivity index (χ0v) is 13.4. The molecule has 0 radical (unpaired) electrons. The second kappa shape index (κ2) is 7.06. The van der Waals surface area contributed by atoms with Crippen LogP contribution in [0.3, 0.4) is 0 Å². The third kappa shape index (κ3) is 3.68. The molecular formula is C17H18ClN3O2. The highest BCUT2D eigenvalue weighted by atomic mass is 35.5. The van der Waals surface area contributed by atoms with Gasteiger partial charge in [0.2, 0.25) is 0 Å². The van der Waals surface area contributed by atoms with Crippen molar-refractivity contribution in [3.63, 3.8) is 0 Å². The Bertz CT molecular complexity index is 695. The lowest BCUT2D eigenvalue weighted by Crippen LogP contribution is -2.16. The molecule has 0 saturated carbocycles. The van der Waals surface area contributed by atoms with E-state index in [-0.39, 0.29) is 11.6 Å². The molecule has 5 nitrogen and oxygen atoms in total. The number of nitrogens with one attached hydrogen (secondary N) is 1. The maximum atomic E-state index is 11.6. The van der Waals surface area contributed by atoms with E-state index in [9.17, 15) is 9.90 Å². The SMILES string of the molecule is O=C(O)c1nc(-c2ccc(Cl)cc2)cnc1C1CCCNCC1. The van der Waals surface area contributed by atoms with E-state index >= 15 is 0 Å². The average molecular weight is 332 g/mol. The highest BCUT2D eigenvalue weighted by molar-refractivity contribution is 6.30. The number of halogens is 1. The lowest BCUT2D eigenvalue weighted by molar-refractivity contribution is 0.0687. The lowest BCUT2D eigenvalue weighted by Gasteiger charge is -2.15. The van der Waals surface area contributed by atoms with Crippen molar-refractivity contribution in [3.05, 3.63) is 46.9 Å². The summed E-state index contributed by atoms with van der Waals surface area (Å²) in [5, 5.41) is 13.5. The van der Waals surface area contributed by atoms with Crippen LogP contribution in [0.5, 0.6) is 0 Å². The van der Waals surface area contributed by atoms with Crippen LogP contribution in [0.15, 0.2) is 30.5 Å². The minimum Gasteiger partial charge on any atom is -0.476 e. The predicted octanol–water partition coefficient (Wildman–Crippen LogP) is 3.35. The molecule has 3 rings (SSSR count). The number of carboxylic acid groups (broad SMARTS) is 1. The number of hydrogen-bond acceptors (Lipinski definition) is 4. The fourth-order valence-corrected chi connectivity index (χ4v) is 3.03. The van der Waals surface area contributed by atoms with E-state index in [1.807, 2.05) is 12.1 Å². The van der Waals surface area contributed by atoms with Gasteiger partial charge in [-0.2, -0.15) is 0 Å². The zero-order valence-electron chi connectivity index (χ0n) is 12.6. The van der Waals surface area contributed by atoms with Crippen molar-refractivity contribution in [2.45, 2.75) is 25.2 Å². The molecule has 2 aromatic rings. The minimum absolute atomic E-state index is 0.0596. The van der Waals surface area contributed by atoms with Crippen LogP contribution in [0.1, 0.15) is 41.4 Å². The summed E-state index contributed by atoms with van der Waals surface area (Å²) in [4.78, 5) is 20.5. The second-order valence-corrected chi connectivity index (χ2v) is 6.12. The molecule has 2 heterocycles. The molecule has 1 aliphatic heterocycles.